The molecule has 0 bridgehead atoms. The van der Waals surface area contributed by atoms with E-state index in [1.165, 1.54) is 16.9 Å². The van der Waals surface area contributed by atoms with Crippen LogP contribution < -0.4 is 5.32 Å². The normalized spacial score (nSPS) is 12.0. The molecule has 1 amide bonds. The number of hydrogen-bond acceptors (Lipinski definition) is 5. The summed E-state index contributed by atoms with van der Waals surface area (Å²) >= 11 is 3.14. The summed E-state index contributed by atoms with van der Waals surface area (Å²) in [5.74, 6) is -0.143. The topological polar surface area (TPSA) is 54.9 Å². The molecule has 1 N–H and O–H groups in total. The number of anilines is 1. The average molecular weight is 382 g/mol. The lowest BCUT2D eigenvalue weighted by Gasteiger charge is -2.18. The lowest BCUT2D eigenvalue weighted by Crippen LogP contribution is -2.14. The highest BCUT2D eigenvalue weighted by molar-refractivity contribution is 7.24. The summed E-state index contributed by atoms with van der Waals surface area (Å²) in [6.07, 6.45) is 0. The Morgan fingerprint density at radius 1 is 1.00 bits per heavy atom. The second kappa shape index (κ2) is 6.14. The molecular weight excluding hydrogens is 362 g/mol. The first-order valence-electron chi connectivity index (χ1n) is 8.40. The van der Waals surface area contributed by atoms with Crippen molar-refractivity contribution in [3.05, 3.63) is 52.5 Å². The lowest BCUT2D eigenvalue weighted by atomic mass is 9.87. The monoisotopic (exact) mass is 381 g/mol. The van der Waals surface area contributed by atoms with Crippen LogP contribution in [0.1, 0.15) is 41.7 Å². The molecule has 0 unspecified atom stereocenters. The van der Waals surface area contributed by atoms with Gasteiger partial charge in [0.15, 0.2) is 5.13 Å². The zero-order valence-corrected chi connectivity index (χ0v) is 16.7. The van der Waals surface area contributed by atoms with E-state index in [2.05, 4.69) is 36.1 Å². The number of thiazole rings is 2. The quantitative estimate of drug-likeness (QED) is 0.480. The molecule has 132 valence electrons. The molecule has 6 heteroatoms. The van der Waals surface area contributed by atoms with Gasteiger partial charge in [0.25, 0.3) is 5.91 Å². The van der Waals surface area contributed by atoms with Gasteiger partial charge in [0, 0.05) is 5.56 Å². The Kier molecular flexibility index (Phi) is 4.04. The van der Waals surface area contributed by atoms with E-state index in [1.807, 2.05) is 43.3 Å². The van der Waals surface area contributed by atoms with Gasteiger partial charge in [-0.1, -0.05) is 44.2 Å². The third kappa shape index (κ3) is 3.10. The second-order valence-electron chi connectivity index (χ2n) is 7.29. The summed E-state index contributed by atoms with van der Waals surface area (Å²) in [4.78, 5) is 21.7. The fourth-order valence-corrected chi connectivity index (χ4v) is 4.68. The highest BCUT2D eigenvalue weighted by Crippen LogP contribution is 2.34. The van der Waals surface area contributed by atoms with Crippen molar-refractivity contribution in [2.45, 2.75) is 33.1 Å². The molecule has 0 aliphatic heterocycles. The van der Waals surface area contributed by atoms with Gasteiger partial charge in [0.1, 0.15) is 5.52 Å². The first-order chi connectivity index (χ1) is 12.3. The van der Waals surface area contributed by atoms with Crippen molar-refractivity contribution >= 4 is 54.1 Å². The molecule has 0 aliphatic carbocycles. The standard InChI is InChI=1S/C20H19N3OS2/c1-11-21-16-15(25-11)10-9-14-17(16)26-19(22-14)23-18(24)12-5-7-13(8-6-12)20(2,3)4/h5-10H,1-4H3,(H,22,23,24). The lowest BCUT2D eigenvalue weighted by molar-refractivity contribution is 0.102. The van der Waals surface area contributed by atoms with Crippen LogP contribution >= 0.6 is 22.7 Å². The second-order valence-corrected chi connectivity index (χ2v) is 9.53. The van der Waals surface area contributed by atoms with Gasteiger partial charge in [0.05, 0.1) is 19.9 Å². The molecular formula is C20H19N3OS2. The molecule has 0 fully saturated rings. The molecule has 2 aromatic carbocycles. The predicted octanol–water partition coefficient (Wildman–Crippen LogP) is 5.76. The number of aryl methyl sites for hydroxylation is 1. The highest BCUT2D eigenvalue weighted by Gasteiger charge is 2.16. The minimum Gasteiger partial charge on any atom is -0.298 e. The van der Waals surface area contributed by atoms with Gasteiger partial charge in [-0.25, -0.2) is 9.97 Å². The van der Waals surface area contributed by atoms with Crippen molar-refractivity contribution in [2.75, 3.05) is 5.32 Å². The number of carbonyl (C=O) groups excluding carboxylic acids is 1. The van der Waals surface area contributed by atoms with E-state index in [-0.39, 0.29) is 11.3 Å². The number of fused-ring (bicyclic) bond motifs is 3. The van der Waals surface area contributed by atoms with Gasteiger partial charge in [-0.15, -0.1) is 11.3 Å². The largest absolute Gasteiger partial charge is 0.298 e. The van der Waals surface area contributed by atoms with Crippen molar-refractivity contribution in [1.82, 2.24) is 9.97 Å². The Bertz CT molecular complexity index is 1120. The molecule has 0 atom stereocenters. The maximum absolute atomic E-state index is 12.6. The first kappa shape index (κ1) is 17.1. The van der Waals surface area contributed by atoms with E-state index in [1.54, 1.807) is 11.3 Å². The molecule has 4 aromatic rings. The third-order valence-corrected chi connectivity index (χ3v) is 6.18. The molecule has 2 heterocycles. The van der Waals surface area contributed by atoms with Gasteiger partial charge in [-0.3, -0.25) is 10.1 Å². The van der Waals surface area contributed by atoms with Crippen LogP contribution in [-0.4, -0.2) is 15.9 Å². The molecule has 0 spiro atoms. The summed E-state index contributed by atoms with van der Waals surface area (Å²) in [5.41, 5.74) is 3.74. The van der Waals surface area contributed by atoms with Gasteiger partial charge in [-0.05, 0) is 42.2 Å². The van der Waals surface area contributed by atoms with E-state index in [0.717, 1.165) is 25.4 Å². The van der Waals surface area contributed by atoms with Gasteiger partial charge in [-0.2, -0.15) is 0 Å². The van der Waals surface area contributed by atoms with Gasteiger partial charge in [0.2, 0.25) is 0 Å². The van der Waals surface area contributed by atoms with E-state index in [4.69, 9.17) is 0 Å². The van der Waals surface area contributed by atoms with Gasteiger partial charge >= 0.3 is 0 Å². The van der Waals surface area contributed by atoms with Crippen molar-refractivity contribution in [1.29, 1.82) is 0 Å². The summed E-state index contributed by atoms with van der Waals surface area (Å²) in [5, 5.41) is 4.55. The van der Waals surface area contributed by atoms with E-state index in [9.17, 15) is 4.79 Å². The molecule has 0 radical (unpaired) electrons. The number of benzene rings is 2. The number of amides is 1. The van der Waals surface area contributed by atoms with Gasteiger partial charge < -0.3 is 0 Å². The Morgan fingerprint density at radius 3 is 2.42 bits per heavy atom. The smallest absolute Gasteiger partial charge is 0.257 e. The van der Waals surface area contributed by atoms with Crippen molar-refractivity contribution in [2.24, 2.45) is 0 Å². The third-order valence-electron chi connectivity index (χ3n) is 4.25. The van der Waals surface area contributed by atoms with Crippen LogP contribution in [0.5, 0.6) is 0 Å². The number of aromatic nitrogens is 2. The number of carbonyl (C=O) groups is 1. The summed E-state index contributed by atoms with van der Waals surface area (Å²) < 4.78 is 2.17. The maximum Gasteiger partial charge on any atom is 0.257 e. The molecule has 0 saturated heterocycles. The number of nitrogens with zero attached hydrogens (tertiary/aromatic N) is 2. The number of rotatable bonds is 2. The number of hydrogen-bond donors (Lipinski definition) is 1. The number of nitrogens with one attached hydrogen (secondary N) is 1. The van der Waals surface area contributed by atoms with Crippen LogP contribution in [0.2, 0.25) is 0 Å². The summed E-state index contributed by atoms with van der Waals surface area (Å²) in [6.45, 7) is 8.47. The SMILES string of the molecule is Cc1nc2c(ccc3nc(NC(=O)c4ccc(C(C)(C)C)cc4)sc32)s1. The molecule has 0 aliphatic rings. The van der Waals surface area contributed by atoms with Crippen LogP contribution in [-0.2, 0) is 5.41 Å². The molecule has 4 rings (SSSR count). The minimum atomic E-state index is -0.143. The Hall–Kier alpha value is -2.31. The first-order valence-corrected chi connectivity index (χ1v) is 10.0. The molecule has 4 nitrogen and oxygen atoms in total. The zero-order valence-electron chi connectivity index (χ0n) is 15.1. The van der Waals surface area contributed by atoms with E-state index < -0.39 is 0 Å². The van der Waals surface area contributed by atoms with E-state index in [0.29, 0.717) is 10.7 Å². The minimum absolute atomic E-state index is 0.0685. The van der Waals surface area contributed by atoms with E-state index >= 15 is 0 Å². The Balaban J connectivity index is 1.62. The summed E-state index contributed by atoms with van der Waals surface area (Å²) in [6, 6.07) is 11.8. The van der Waals surface area contributed by atoms with Crippen LogP contribution in [0.25, 0.3) is 20.4 Å². The Labute approximate surface area is 159 Å². The van der Waals surface area contributed by atoms with Crippen LogP contribution in [0.3, 0.4) is 0 Å². The molecule has 0 saturated carbocycles. The van der Waals surface area contributed by atoms with Crippen molar-refractivity contribution < 1.29 is 4.79 Å². The zero-order chi connectivity index (χ0) is 18.5. The Morgan fingerprint density at radius 2 is 1.73 bits per heavy atom. The maximum atomic E-state index is 12.6. The van der Waals surface area contributed by atoms with Crippen LogP contribution in [0.4, 0.5) is 5.13 Å². The highest BCUT2D eigenvalue weighted by atomic mass is 32.1. The predicted molar refractivity (Wildman–Crippen MR) is 111 cm³/mol. The fourth-order valence-electron chi connectivity index (χ4n) is 2.83. The van der Waals surface area contributed by atoms with Crippen LogP contribution in [0, 0.1) is 6.92 Å². The van der Waals surface area contributed by atoms with Crippen LogP contribution in [0.15, 0.2) is 36.4 Å². The average Bonchev–Trinajstić information content (AvgIpc) is 3.15. The molecule has 26 heavy (non-hydrogen) atoms. The molecule has 2 aromatic heterocycles. The fraction of sp³-hybridized carbons (Fsp3) is 0.250. The summed E-state index contributed by atoms with van der Waals surface area (Å²) in [7, 11) is 0. The van der Waals surface area contributed by atoms with Crippen molar-refractivity contribution in [3.8, 4) is 0 Å². The van der Waals surface area contributed by atoms with Crippen molar-refractivity contribution in [3.63, 3.8) is 0 Å².